The van der Waals surface area contributed by atoms with Crippen molar-refractivity contribution in [3.8, 4) is 34.2 Å². The summed E-state index contributed by atoms with van der Waals surface area (Å²) < 4.78 is 14.3. The smallest absolute Gasteiger partial charge is 0.324 e. The Kier molecular flexibility index (Phi) is 15.1. The van der Waals surface area contributed by atoms with E-state index in [4.69, 9.17) is 14.5 Å². The Bertz CT molecular complexity index is 2800. The Morgan fingerprint density at radius 3 is 2.49 bits per heavy atom. The highest BCUT2D eigenvalue weighted by molar-refractivity contribution is 5.98. The topological polar surface area (TPSA) is 159 Å². The molecular formula is C57H74N8O7. The largest absolute Gasteiger partial charge is 0.464 e. The van der Waals surface area contributed by atoms with Crippen LogP contribution in [0.5, 0.6) is 0 Å². The standard InChI is InChI=1S/C57H74N8O7/c1-12-63-46-21-20-40-32-42(46)43(50(63)41-18-14-26-58-48(41)37(4)71-11)33-55(5,6)35-72-53(69)44-19-15-27-65(60-44)52(68)45(31-38-16-13-17-39(40)30-38)59-51(67)49(36(2)3)64-29-25-57(54(64)70)24-28-62(34-57)47(66)22-23-56(7,8)61(9)10/h13-14,16-18,20-21,26,30,32,36-37,44-45,49,60H,12,15,19,24-25,27-29,31,33-35H2,1-11H3,(H,59,67)/t37-,44-,45-,49-,57-/m0/s1. The second-order valence-electron chi connectivity index (χ2n) is 22.2. The number of cyclic esters (lactones) is 1. The monoisotopic (exact) mass is 983 g/mol. The minimum absolute atomic E-state index is 0.135. The van der Waals surface area contributed by atoms with Gasteiger partial charge in [-0.2, -0.15) is 0 Å². The lowest BCUT2D eigenvalue weighted by Crippen LogP contribution is -2.62. The van der Waals surface area contributed by atoms with Crippen LogP contribution in [-0.2, 0) is 52.8 Å². The van der Waals surface area contributed by atoms with Crippen LogP contribution in [0.25, 0.3) is 33.3 Å². The van der Waals surface area contributed by atoms with Gasteiger partial charge in [-0.1, -0.05) is 63.9 Å². The zero-order valence-electron chi connectivity index (χ0n) is 44.2. The molecule has 1 spiro atoms. The van der Waals surface area contributed by atoms with Crippen LogP contribution in [0.15, 0.2) is 60.8 Å². The normalized spacial score (nSPS) is 22.5. The number of carbonyl (C=O) groups is 5. The molecule has 8 rings (SSSR count). The molecule has 15 nitrogen and oxygen atoms in total. The highest BCUT2D eigenvalue weighted by Gasteiger charge is 2.54. The summed E-state index contributed by atoms with van der Waals surface area (Å²) in [5.74, 6) is 3.84. The fourth-order valence-corrected chi connectivity index (χ4v) is 11.0. The van der Waals surface area contributed by atoms with Gasteiger partial charge in [-0.25, -0.2) is 5.43 Å². The number of hydrogen-bond donors (Lipinski definition) is 2. The predicted molar refractivity (Wildman–Crippen MR) is 278 cm³/mol. The molecule has 2 aromatic carbocycles. The lowest BCUT2D eigenvalue weighted by atomic mass is 9.84. The van der Waals surface area contributed by atoms with Crippen LogP contribution < -0.4 is 10.7 Å². The number of rotatable bonds is 9. The first-order chi connectivity index (χ1) is 34.2. The highest BCUT2D eigenvalue weighted by atomic mass is 16.5. The molecule has 5 atom stereocenters. The van der Waals surface area contributed by atoms with Crippen molar-refractivity contribution in [2.75, 3.05) is 54.0 Å². The summed E-state index contributed by atoms with van der Waals surface area (Å²) >= 11 is 0. The number of esters is 1. The number of benzene rings is 2. The molecule has 6 heterocycles. The predicted octanol–water partition coefficient (Wildman–Crippen LogP) is 6.57. The molecule has 0 unspecified atom stereocenters. The van der Waals surface area contributed by atoms with E-state index in [9.17, 15) is 24.0 Å². The summed E-state index contributed by atoms with van der Waals surface area (Å²) in [7, 11) is 5.52. The van der Waals surface area contributed by atoms with Crippen LogP contribution in [0.3, 0.4) is 0 Å². The number of ether oxygens (including phenoxy) is 2. The zero-order valence-corrected chi connectivity index (χ0v) is 44.2. The van der Waals surface area contributed by atoms with Gasteiger partial charge < -0.3 is 29.2 Å². The van der Waals surface area contributed by atoms with Gasteiger partial charge in [0.2, 0.25) is 11.8 Å². The second-order valence-corrected chi connectivity index (χ2v) is 22.2. The number of fused-ring (bicyclic) bond motifs is 6. The van der Waals surface area contributed by atoms with Crippen molar-refractivity contribution in [3.05, 3.63) is 77.6 Å². The number of hydrazine groups is 1. The van der Waals surface area contributed by atoms with Gasteiger partial charge in [0.05, 0.1) is 35.1 Å². The molecule has 4 aliphatic rings. The molecule has 0 saturated carbocycles. The molecule has 0 aliphatic carbocycles. The summed E-state index contributed by atoms with van der Waals surface area (Å²) in [5.41, 5.74) is 9.19. The maximum atomic E-state index is 14.9. The maximum absolute atomic E-state index is 14.9. The Balaban J connectivity index is 1.13. The van der Waals surface area contributed by atoms with E-state index < -0.39 is 46.4 Å². The fraction of sp³-hybridized carbons (Fsp3) is 0.544. The minimum Gasteiger partial charge on any atom is -0.464 e. The molecule has 6 bridgehead atoms. The summed E-state index contributed by atoms with van der Waals surface area (Å²) in [6.07, 6.45) is 4.28. The third-order valence-corrected chi connectivity index (χ3v) is 15.6. The first kappa shape index (κ1) is 52.2. The van der Waals surface area contributed by atoms with Crippen molar-refractivity contribution < 1.29 is 33.4 Å². The van der Waals surface area contributed by atoms with E-state index in [-0.39, 0.29) is 49.3 Å². The lowest BCUT2D eigenvalue weighted by molar-refractivity contribution is -0.155. The number of aromatic nitrogens is 2. The third-order valence-electron chi connectivity index (χ3n) is 15.6. The minimum atomic E-state index is -1.05. The molecule has 4 amide bonds. The van der Waals surface area contributed by atoms with Gasteiger partial charge in [0.25, 0.3) is 11.8 Å². The van der Waals surface area contributed by atoms with E-state index in [2.05, 4.69) is 84.3 Å². The van der Waals surface area contributed by atoms with Crippen LogP contribution >= 0.6 is 0 Å². The average Bonchev–Trinajstić information content (AvgIpc) is 4.03. The van der Waals surface area contributed by atoms with Crippen LogP contribution in [0.2, 0.25) is 0 Å². The summed E-state index contributed by atoms with van der Waals surface area (Å²) in [4.78, 5) is 81.7. The molecule has 72 heavy (non-hydrogen) atoms. The molecule has 384 valence electrons. The molecule has 0 radical (unpaired) electrons. The molecule has 4 aliphatic heterocycles. The number of hydrogen-bond acceptors (Lipinski definition) is 10. The fourth-order valence-electron chi connectivity index (χ4n) is 11.0. The number of amides is 4. The number of nitrogens with zero attached hydrogens (tertiary/aromatic N) is 6. The van der Waals surface area contributed by atoms with Crippen molar-refractivity contribution in [2.24, 2.45) is 16.7 Å². The highest BCUT2D eigenvalue weighted by Crippen LogP contribution is 2.44. The van der Waals surface area contributed by atoms with Crippen LogP contribution in [0, 0.1) is 28.6 Å². The zero-order chi connectivity index (χ0) is 51.9. The Hall–Kier alpha value is -6.08. The molecule has 3 fully saturated rings. The second kappa shape index (κ2) is 20.8. The van der Waals surface area contributed by atoms with Gasteiger partial charge in [-0.05, 0) is 132 Å². The lowest BCUT2D eigenvalue weighted by Gasteiger charge is -2.37. The van der Waals surface area contributed by atoms with Crippen LogP contribution in [-0.4, -0.2) is 137 Å². The van der Waals surface area contributed by atoms with E-state index >= 15 is 0 Å². The van der Waals surface area contributed by atoms with E-state index in [0.717, 1.165) is 50.1 Å². The van der Waals surface area contributed by atoms with Crippen LogP contribution in [0.4, 0.5) is 0 Å². The molecular weight excluding hydrogens is 909 g/mol. The third kappa shape index (κ3) is 10.4. The Labute approximate surface area is 425 Å². The van der Waals surface area contributed by atoms with Gasteiger partial charge in [-0.15, -0.1) is 0 Å². The quantitative estimate of drug-likeness (QED) is 0.139. The van der Waals surface area contributed by atoms with Crippen molar-refractivity contribution in [3.63, 3.8) is 0 Å². The maximum Gasteiger partial charge on any atom is 0.324 e. The molecule has 3 saturated heterocycles. The number of aryl methyl sites for hydroxylation is 1. The first-order valence-corrected chi connectivity index (χ1v) is 25.7. The number of methoxy groups -OCH3 is 1. The molecule has 2 aromatic heterocycles. The van der Waals surface area contributed by atoms with Crippen molar-refractivity contribution in [1.29, 1.82) is 0 Å². The number of carbonyl (C=O) groups excluding carboxylic acids is 5. The number of likely N-dealkylation sites (tertiary alicyclic amines) is 2. The van der Waals surface area contributed by atoms with Gasteiger partial charge in [-0.3, -0.25) is 38.9 Å². The molecule has 2 N–H and O–H groups in total. The SMILES string of the molecule is CCn1c(-c2cccnc2[C@H](C)OC)c2c3cc(ccc31)-c1cccc(c1)C[C@H](NC(=O)[C@H](C(C)C)N1CC[C@]3(CCN(C(=O)C#CC(C)(C)N(C)C)C3)C1=O)C(=O)N1CCC[C@H](N1)C(=O)OCC(C)(C)C2. The van der Waals surface area contributed by atoms with Gasteiger partial charge >= 0.3 is 5.97 Å². The number of nitrogens with one attached hydrogen (secondary N) is 2. The van der Waals surface area contributed by atoms with E-state index in [0.29, 0.717) is 58.3 Å². The number of pyridine rings is 1. The van der Waals surface area contributed by atoms with Gasteiger partial charge in [0.15, 0.2) is 0 Å². The van der Waals surface area contributed by atoms with E-state index in [1.54, 1.807) is 23.1 Å². The summed E-state index contributed by atoms with van der Waals surface area (Å²) in [6.45, 7) is 18.2. The average molecular weight is 983 g/mol. The molecule has 4 aromatic rings. The van der Waals surface area contributed by atoms with Gasteiger partial charge in [0.1, 0.15) is 18.1 Å². The molecule has 15 heteroatoms. The van der Waals surface area contributed by atoms with E-state index in [1.807, 2.05) is 71.8 Å². The van der Waals surface area contributed by atoms with Crippen molar-refractivity contribution in [1.82, 2.24) is 40.0 Å². The van der Waals surface area contributed by atoms with Gasteiger partial charge in [0, 0.05) is 74.3 Å². The van der Waals surface area contributed by atoms with Crippen LogP contribution in [0.1, 0.15) is 104 Å². The Morgan fingerprint density at radius 1 is 1.01 bits per heavy atom. The first-order valence-electron chi connectivity index (χ1n) is 25.7. The summed E-state index contributed by atoms with van der Waals surface area (Å²) in [6, 6.07) is 16.0. The van der Waals surface area contributed by atoms with Crippen molar-refractivity contribution >= 4 is 40.5 Å². The van der Waals surface area contributed by atoms with E-state index in [1.165, 1.54) is 5.01 Å². The van der Waals surface area contributed by atoms with Crippen molar-refractivity contribution in [2.45, 2.75) is 130 Å². The Morgan fingerprint density at radius 2 is 1.76 bits per heavy atom. The summed E-state index contributed by atoms with van der Waals surface area (Å²) in [5, 5.41) is 5.66.